The number of ether oxygens (including phenoxy) is 1. The number of methoxy groups -OCH3 is 1. The van der Waals surface area contributed by atoms with Gasteiger partial charge >= 0.3 is 0 Å². The second-order valence-electron chi connectivity index (χ2n) is 5.04. The molecular formula is C13H25NO2. The van der Waals surface area contributed by atoms with Crippen molar-refractivity contribution in [2.75, 3.05) is 26.9 Å². The van der Waals surface area contributed by atoms with Gasteiger partial charge in [-0.3, -0.25) is 0 Å². The first-order valence-electron chi connectivity index (χ1n) is 6.16. The van der Waals surface area contributed by atoms with Crippen molar-refractivity contribution in [1.29, 1.82) is 0 Å². The molecule has 3 nitrogen and oxygen atoms in total. The normalized spacial score (nSPS) is 27.6. The van der Waals surface area contributed by atoms with Crippen LogP contribution in [0.5, 0.6) is 0 Å². The Morgan fingerprint density at radius 1 is 1.62 bits per heavy atom. The summed E-state index contributed by atoms with van der Waals surface area (Å²) in [5, 5.41) is 12.5. The summed E-state index contributed by atoms with van der Waals surface area (Å²) in [5.41, 5.74) is 1.50. The fourth-order valence-electron chi connectivity index (χ4n) is 2.55. The monoisotopic (exact) mass is 227 g/mol. The van der Waals surface area contributed by atoms with Crippen LogP contribution in [-0.4, -0.2) is 38.0 Å². The van der Waals surface area contributed by atoms with Gasteiger partial charge in [-0.05, 0) is 38.1 Å². The smallest absolute Gasteiger partial charge is 0.0638 e. The Labute approximate surface area is 98.9 Å². The van der Waals surface area contributed by atoms with E-state index in [0.717, 1.165) is 6.54 Å². The largest absolute Gasteiger partial charge is 0.395 e. The molecule has 0 aromatic heterocycles. The number of aliphatic hydroxyl groups is 1. The predicted octanol–water partition coefficient (Wildman–Crippen LogP) is 1.58. The second-order valence-corrected chi connectivity index (χ2v) is 5.04. The maximum atomic E-state index is 9.14. The van der Waals surface area contributed by atoms with Gasteiger partial charge in [0.05, 0.1) is 19.3 Å². The highest BCUT2D eigenvalue weighted by atomic mass is 16.5. The molecule has 0 bridgehead atoms. The first-order valence-corrected chi connectivity index (χ1v) is 6.16. The SMILES string of the molecule is COCC(CO)NCC1CC(C)=CC(C)C1. The molecule has 0 spiro atoms. The zero-order valence-electron chi connectivity index (χ0n) is 10.7. The summed E-state index contributed by atoms with van der Waals surface area (Å²) in [6.07, 6.45) is 4.80. The third kappa shape index (κ3) is 4.64. The van der Waals surface area contributed by atoms with Crippen LogP contribution >= 0.6 is 0 Å². The van der Waals surface area contributed by atoms with Gasteiger partial charge in [-0.15, -0.1) is 0 Å². The molecule has 3 atom stereocenters. The molecule has 1 aliphatic rings. The topological polar surface area (TPSA) is 41.5 Å². The van der Waals surface area contributed by atoms with E-state index in [0.29, 0.717) is 18.4 Å². The Balaban J connectivity index is 2.29. The van der Waals surface area contributed by atoms with Gasteiger partial charge in [-0.1, -0.05) is 18.6 Å². The van der Waals surface area contributed by atoms with Crippen LogP contribution in [0, 0.1) is 11.8 Å². The zero-order chi connectivity index (χ0) is 12.0. The van der Waals surface area contributed by atoms with Crippen molar-refractivity contribution in [3.8, 4) is 0 Å². The molecule has 0 fully saturated rings. The Morgan fingerprint density at radius 3 is 2.94 bits per heavy atom. The number of rotatable bonds is 6. The quantitative estimate of drug-likeness (QED) is 0.677. The Morgan fingerprint density at radius 2 is 2.38 bits per heavy atom. The van der Waals surface area contributed by atoms with Crippen molar-refractivity contribution >= 4 is 0 Å². The van der Waals surface area contributed by atoms with Crippen molar-refractivity contribution < 1.29 is 9.84 Å². The van der Waals surface area contributed by atoms with E-state index in [4.69, 9.17) is 9.84 Å². The molecule has 0 radical (unpaired) electrons. The lowest BCUT2D eigenvalue weighted by molar-refractivity contribution is 0.125. The molecule has 0 amide bonds. The van der Waals surface area contributed by atoms with Crippen molar-refractivity contribution in [2.45, 2.75) is 32.7 Å². The molecule has 0 saturated carbocycles. The first kappa shape index (κ1) is 13.7. The predicted molar refractivity (Wildman–Crippen MR) is 66.4 cm³/mol. The van der Waals surface area contributed by atoms with E-state index in [9.17, 15) is 0 Å². The highest BCUT2D eigenvalue weighted by Crippen LogP contribution is 2.27. The fraction of sp³-hybridized carbons (Fsp3) is 0.846. The van der Waals surface area contributed by atoms with Crippen LogP contribution in [-0.2, 0) is 4.74 Å². The Bertz CT molecular complexity index is 228. The van der Waals surface area contributed by atoms with E-state index < -0.39 is 0 Å². The molecule has 0 aromatic carbocycles. The average molecular weight is 227 g/mol. The standard InChI is InChI=1S/C13H25NO2/c1-10-4-11(2)6-12(5-10)7-14-13(8-15)9-16-3/h4,10,12-15H,5-9H2,1-3H3. The zero-order valence-corrected chi connectivity index (χ0v) is 10.7. The molecule has 0 saturated heterocycles. The van der Waals surface area contributed by atoms with Crippen LogP contribution in [0.15, 0.2) is 11.6 Å². The van der Waals surface area contributed by atoms with Gasteiger partial charge < -0.3 is 15.2 Å². The van der Waals surface area contributed by atoms with Crippen LogP contribution in [0.2, 0.25) is 0 Å². The molecule has 2 N–H and O–H groups in total. The van der Waals surface area contributed by atoms with Gasteiger partial charge in [0.15, 0.2) is 0 Å². The summed E-state index contributed by atoms with van der Waals surface area (Å²) in [6.45, 7) is 6.18. The highest BCUT2D eigenvalue weighted by Gasteiger charge is 2.18. The summed E-state index contributed by atoms with van der Waals surface area (Å²) in [4.78, 5) is 0. The molecule has 3 unspecified atom stereocenters. The van der Waals surface area contributed by atoms with E-state index in [-0.39, 0.29) is 12.6 Å². The van der Waals surface area contributed by atoms with Gasteiger partial charge in [0.25, 0.3) is 0 Å². The lowest BCUT2D eigenvalue weighted by atomic mass is 9.83. The Hall–Kier alpha value is -0.380. The van der Waals surface area contributed by atoms with Crippen molar-refractivity contribution in [1.82, 2.24) is 5.32 Å². The van der Waals surface area contributed by atoms with Crippen LogP contribution < -0.4 is 5.32 Å². The van der Waals surface area contributed by atoms with Gasteiger partial charge in [-0.2, -0.15) is 0 Å². The van der Waals surface area contributed by atoms with Crippen LogP contribution in [0.1, 0.15) is 26.7 Å². The maximum absolute atomic E-state index is 9.14. The molecule has 3 heteroatoms. The van der Waals surface area contributed by atoms with Gasteiger partial charge in [0.1, 0.15) is 0 Å². The molecular weight excluding hydrogens is 202 g/mol. The second kappa shape index (κ2) is 7.05. The summed E-state index contributed by atoms with van der Waals surface area (Å²) >= 11 is 0. The third-order valence-electron chi connectivity index (χ3n) is 3.17. The summed E-state index contributed by atoms with van der Waals surface area (Å²) < 4.78 is 5.04. The van der Waals surface area contributed by atoms with Crippen molar-refractivity contribution in [3.63, 3.8) is 0 Å². The minimum Gasteiger partial charge on any atom is -0.395 e. The minimum atomic E-state index is 0.0755. The minimum absolute atomic E-state index is 0.0755. The highest BCUT2D eigenvalue weighted by molar-refractivity contribution is 5.06. The maximum Gasteiger partial charge on any atom is 0.0638 e. The Kier molecular flexibility index (Phi) is 6.03. The van der Waals surface area contributed by atoms with E-state index in [1.165, 1.54) is 18.4 Å². The summed E-state index contributed by atoms with van der Waals surface area (Å²) in [6, 6.07) is 0.0755. The van der Waals surface area contributed by atoms with Gasteiger partial charge in [0.2, 0.25) is 0 Å². The molecule has 0 aliphatic heterocycles. The number of nitrogens with one attached hydrogen (secondary N) is 1. The lowest BCUT2D eigenvalue weighted by Crippen LogP contribution is -2.40. The van der Waals surface area contributed by atoms with E-state index in [1.807, 2.05) is 0 Å². The summed E-state index contributed by atoms with van der Waals surface area (Å²) in [7, 11) is 1.67. The third-order valence-corrected chi connectivity index (χ3v) is 3.17. The van der Waals surface area contributed by atoms with Crippen LogP contribution in [0.4, 0.5) is 0 Å². The van der Waals surface area contributed by atoms with Gasteiger partial charge in [0, 0.05) is 7.11 Å². The summed E-state index contributed by atoms with van der Waals surface area (Å²) in [5.74, 6) is 1.39. The van der Waals surface area contributed by atoms with Crippen LogP contribution in [0.3, 0.4) is 0 Å². The molecule has 0 aromatic rings. The number of aliphatic hydroxyl groups excluding tert-OH is 1. The van der Waals surface area contributed by atoms with E-state index in [1.54, 1.807) is 7.11 Å². The number of hydrogen-bond acceptors (Lipinski definition) is 3. The van der Waals surface area contributed by atoms with Gasteiger partial charge in [-0.25, -0.2) is 0 Å². The first-order chi connectivity index (χ1) is 7.65. The van der Waals surface area contributed by atoms with Crippen molar-refractivity contribution in [3.05, 3.63) is 11.6 Å². The molecule has 1 aliphatic carbocycles. The molecule has 0 heterocycles. The fourth-order valence-corrected chi connectivity index (χ4v) is 2.55. The molecule has 94 valence electrons. The molecule has 16 heavy (non-hydrogen) atoms. The lowest BCUT2D eigenvalue weighted by Gasteiger charge is -2.27. The average Bonchev–Trinajstić information content (AvgIpc) is 2.23. The van der Waals surface area contributed by atoms with E-state index in [2.05, 4.69) is 25.2 Å². The van der Waals surface area contributed by atoms with Crippen LogP contribution in [0.25, 0.3) is 0 Å². The van der Waals surface area contributed by atoms with E-state index >= 15 is 0 Å². The molecule has 1 rings (SSSR count). The number of hydrogen-bond donors (Lipinski definition) is 2. The number of allylic oxidation sites excluding steroid dienone is 2. The van der Waals surface area contributed by atoms with Crippen molar-refractivity contribution in [2.24, 2.45) is 11.8 Å².